The normalized spacial score (nSPS) is 10.2. The number of rotatable bonds is 2. The highest BCUT2D eigenvalue weighted by Crippen LogP contribution is 2.04. The van der Waals surface area contributed by atoms with Crippen LogP contribution < -0.4 is 16.6 Å². The van der Waals surface area contributed by atoms with E-state index in [0.29, 0.717) is 5.82 Å². The second kappa shape index (κ2) is 4.89. The lowest BCUT2D eigenvalue weighted by Crippen LogP contribution is -2.37. The molecule has 1 amide bonds. The summed E-state index contributed by atoms with van der Waals surface area (Å²) in [6.07, 6.45) is 1.09. The van der Waals surface area contributed by atoms with Gasteiger partial charge in [-0.2, -0.15) is 0 Å². The molecule has 0 atom stereocenters. The van der Waals surface area contributed by atoms with Crippen molar-refractivity contribution in [3.05, 3.63) is 56.5 Å². The zero-order valence-corrected chi connectivity index (χ0v) is 10.4. The summed E-state index contributed by atoms with van der Waals surface area (Å²) in [5.41, 5.74) is -0.637. The van der Waals surface area contributed by atoms with E-state index in [1.54, 1.807) is 25.1 Å². The van der Waals surface area contributed by atoms with Crippen LogP contribution in [0.3, 0.4) is 0 Å². The van der Waals surface area contributed by atoms with Crippen molar-refractivity contribution in [3.63, 3.8) is 0 Å². The minimum atomic E-state index is -0.658. The largest absolute Gasteiger partial charge is 0.328 e. The van der Waals surface area contributed by atoms with Gasteiger partial charge in [0.25, 0.3) is 11.5 Å². The predicted octanol–water partition coefficient (Wildman–Crippen LogP) is 0.0293. The summed E-state index contributed by atoms with van der Waals surface area (Å²) in [5, 5.41) is 2.50. The average molecular weight is 260 g/mol. The number of hydrogen-bond donors (Lipinski definition) is 2. The molecule has 0 radical (unpaired) electrons. The molecule has 0 aliphatic heterocycles. The maximum atomic E-state index is 11.9. The smallest absolute Gasteiger partial charge is 0.313 e. The van der Waals surface area contributed by atoms with E-state index in [4.69, 9.17) is 0 Å². The van der Waals surface area contributed by atoms with Gasteiger partial charge in [0.05, 0.1) is 0 Å². The summed E-state index contributed by atoms with van der Waals surface area (Å²) in [5.74, 6) is -0.270. The van der Waals surface area contributed by atoms with Crippen LogP contribution in [0.2, 0.25) is 0 Å². The fourth-order valence-electron chi connectivity index (χ4n) is 1.52. The maximum Gasteiger partial charge on any atom is 0.328 e. The molecule has 0 saturated carbocycles. The van der Waals surface area contributed by atoms with Gasteiger partial charge < -0.3 is 10.3 Å². The van der Waals surface area contributed by atoms with Crippen LogP contribution >= 0.6 is 0 Å². The molecule has 2 rings (SSSR count). The summed E-state index contributed by atoms with van der Waals surface area (Å²) in [7, 11) is 1.29. The van der Waals surface area contributed by atoms with Crippen molar-refractivity contribution in [3.8, 4) is 0 Å². The Morgan fingerprint density at radius 3 is 2.79 bits per heavy atom. The summed E-state index contributed by atoms with van der Waals surface area (Å²) in [6.45, 7) is 1.79. The molecule has 0 spiro atoms. The number of aromatic amines is 1. The van der Waals surface area contributed by atoms with Gasteiger partial charge >= 0.3 is 5.69 Å². The lowest BCUT2D eigenvalue weighted by Gasteiger charge is -2.05. The van der Waals surface area contributed by atoms with E-state index in [2.05, 4.69) is 15.3 Å². The number of amides is 1. The van der Waals surface area contributed by atoms with Crippen molar-refractivity contribution in [2.24, 2.45) is 7.05 Å². The molecule has 0 unspecified atom stereocenters. The van der Waals surface area contributed by atoms with Crippen LogP contribution in [-0.2, 0) is 7.05 Å². The lowest BCUT2D eigenvalue weighted by molar-refractivity contribution is 0.102. The molecule has 0 aromatic carbocycles. The Morgan fingerprint density at radius 1 is 1.37 bits per heavy atom. The van der Waals surface area contributed by atoms with Crippen LogP contribution in [0.4, 0.5) is 5.82 Å². The van der Waals surface area contributed by atoms with E-state index >= 15 is 0 Å². The number of carbonyl (C=O) groups is 1. The van der Waals surface area contributed by atoms with Gasteiger partial charge in [0.15, 0.2) is 0 Å². The van der Waals surface area contributed by atoms with Crippen LogP contribution in [0.15, 0.2) is 34.0 Å². The SMILES string of the molecule is Cc1cccc(NC(=O)c2c[nH]c(=O)n(C)c2=O)n1. The minimum absolute atomic E-state index is 0.148. The zero-order valence-electron chi connectivity index (χ0n) is 10.4. The van der Waals surface area contributed by atoms with Gasteiger partial charge in [0, 0.05) is 18.9 Å². The van der Waals surface area contributed by atoms with Crippen molar-refractivity contribution in [1.29, 1.82) is 0 Å². The number of carbonyl (C=O) groups excluding carboxylic acids is 1. The Bertz CT molecular complexity index is 745. The van der Waals surface area contributed by atoms with Gasteiger partial charge in [-0.1, -0.05) is 6.07 Å². The fourth-order valence-corrected chi connectivity index (χ4v) is 1.52. The molecule has 2 aromatic rings. The van der Waals surface area contributed by atoms with E-state index in [1.165, 1.54) is 7.05 Å². The fraction of sp³-hybridized carbons (Fsp3) is 0.167. The first-order valence-electron chi connectivity index (χ1n) is 5.53. The van der Waals surface area contributed by atoms with Gasteiger partial charge in [-0.25, -0.2) is 9.78 Å². The Hall–Kier alpha value is -2.70. The molecule has 2 heterocycles. The Balaban J connectivity index is 2.34. The first-order valence-corrected chi connectivity index (χ1v) is 5.53. The third kappa shape index (κ3) is 2.59. The second-order valence-corrected chi connectivity index (χ2v) is 3.99. The van der Waals surface area contributed by atoms with Gasteiger partial charge in [-0.15, -0.1) is 0 Å². The molecule has 0 aliphatic carbocycles. The van der Waals surface area contributed by atoms with Gasteiger partial charge in [-0.05, 0) is 19.1 Å². The highest BCUT2D eigenvalue weighted by atomic mass is 16.2. The van der Waals surface area contributed by atoms with Crippen molar-refractivity contribution in [2.75, 3.05) is 5.32 Å². The Kier molecular flexibility index (Phi) is 3.28. The third-order valence-electron chi connectivity index (χ3n) is 2.55. The molecular formula is C12H12N4O3. The van der Waals surface area contributed by atoms with Crippen LogP contribution in [0.1, 0.15) is 16.1 Å². The molecule has 98 valence electrons. The van der Waals surface area contributed by atoms with Crippen LogP contribution in [-0.4, -0.2) is 20.4 Å². The van der Waals surface area contributed by atoms with Gasteiger partial charge in [0.2, 0.25) is 0 Å². The second-order valence-electron chi connectivity index (χ2n) is 3.99. The first kappa shape index (κ1) is 12.7. The first-order chi connectivity index (χ1) is 8.99. The van der Waals surface area contributed by atoms with Crippen molar-refractivity contribution in [2.45, 2.75) is 6.92 Å². The van der Waals surface area contributed by atoms with E-state index in [0.717, 1.165) is 16.5 Å². The monoisotopic (exact) mass is 260 g/mol. The van der Waals surface area contributed by atoms with E-state index in [9.17, 15) is 14.4 Å². The highest BCUT2D eigenvalue weighted by molar-refractivity contribution is 6.03. The number of nitrogens with one attached hydrogen (secondary N) is 2. The summed E-state index contributed by atoms with van der Waals surface area (Å²) >= 11 is 0. The Labute approximate surface area is 107 Å². The molecule has 7 heteroatoms. The molecule has 19 heavy (non-hydrogen) atoms. The van der Waals surface area contributed by atoms with E-state index in [1.807, 2.05) is 0 Å². The molecular weight excluding hydrogens is 248 g/mol. The molecule has 2 N–H and O–H groups in total. The number of aryl methyl sites for hydroxylation is 1. The van der Waals surface area contributed by atoms with E-state index < -0.39 is 17.2 Å². The number of nitrogens with zero attached hydrogens (tertiary/aromatic N) is 2. The summed E-state index contributed by atoms with van der Waals surface area (Å²) in [4.78, 5) is 41.3. The van der Waals surface area contributed by atoms with Gasteiger partial charge in [0.1, 0.15) is 11.4 Å². The molecule has 0 saturated heterocycles. The highest BCUT2D eigenvalue weighted by Gasteiger charge is 2.13. The summed E-state index contributed by atoms with van der Waals surface area (Å²) in [6, 6.07) is 5.14. The average Bonchev–Trinajstić information content (AvgIpc) is 2.36. The number of pyridine rings is 1. The maximum absolute atomic E-state index is 11.9. The topological polar surface area (TPSA) is 96.9 Å². The van der Waals surface area contributed by atoms with Crippen LogP contribution in [0.5, 0.6) is 0 Å². The molecule has 7 nitrogen and oxygen atoms in total. The summed E-state index contributed by atoms with van der Waals surface area (Å²) < 4.78 is 0.832. The van der Waals surface area contributed by atoms with Crippen molar-refractivity contribution >= 4 is 11.7 Å². The lowest BCUT2D eigenvalue weighted by atomic mass is 10.3. The van der Waals surface area contributed by atoms with Crippen molar-refractivity contribution in [1.82, 2.24) is 14.5 Å². The van der Waals surface area contributed by atoms with Crippen molar-refractivity contribution < 1.29 is 4.79 Å². The number of aromatic nitrogens is 3. The molecule has 2 aromatic heterocycles. The third-order valence-corrected chi connectivity index (χ3v) is 2.55. The molecule has 0 bridgehead atoms. The van der Waals surface area contributed by atoms with Gasteiger partial charge in [-0.3, -0.25) is 14.2 Å². The standard InChI is InChI=1S/C12H12N4O3/c1-7-4-3-5-9(14-7)15-10(17)8-6-13-12(19)16(2)11(8)18/h3-6H,1-2H3,(H,13,19)(H,14,15,17). The predicted molar refractivity (Wildman–Crippen MR) is 69.2 cm³/mol. The number of anilines is 1. The zero-order chi connectivity index (χ0) is 14.0. The number of hydrogen-bond acceptors (Lipinski definition) is 4. The van der Waals surface area contributed by atoms with Crippen LogP contribution in [0.25, 0.3) is 0 Å². The minimum Gasteiger partial charge on any atom is -0.313 e. The quantitative estimate of drug-likeness (QED) is 0.796. The van der Waals surface area contributed by atoms with Crippen LogP contribution in [0, 0.1) is 6.92 Å². The molecule has 0 aliphatic rings. The molecule has 0 fully saturated rings. The van der Waals surface area contributed by atoms with E-state index in [-0.39, 0.29) is 5.56 Å². The Morgan fingerprint density at radius 2 is 2.11 bits per heavy atom. The number of H-pyrrole nitrogens is 1.